The molecule has 162 valence electrons. The lowest BCUT2D eigenvalue weighted by molar-refractivity contribution is -0.131. The van der Waals surface area contributed by atoms with E-state index in [2.05, 4.69) is 16.1 Å². The normalized spacial score (nSPS) is 13.0. The van der Waals surface area contributed by atoms with E-state index in [9.17, 15) is 19.2 Å². The third-order valence-electron chi connectivity index (χ3n) is 4.39. The smallest absolute Gasteiger partial charge is 0.243 e. The molecular weight excluding hydrogens is 364 g/mol. The molecule has 0 aliphatic carbocycles. The molecule has 0 unspecified atom stereocenters. The molecule has 0 aromatic carbocycles. The summed E-state index contributed by atoms with van der Waals surface area (Å²) in [4.78, 5) is 46.6. The van der Waals surface area contributed by atoms with Gasteiger partial charge in [0.15, 0.2) is 0 Å². The summed E-state index contributed by atoms with van der Waals surface area (Å²) in [6.45, 7) is 4.19. The van der Waals surface area contributed by atoms with Crippen LogP contribution in [-0.2, 0) is 19.2 Å². The minimum Gasteiger partial charge on any atom is -0.370 e. The summed E-state index contributed by atoms with van der Waals surface area (Å²) in [5, 5.41) is 13.9. The van der Waals surface area contributed by atoms with Crippen molar-refractivity contribution in [3.05, 3.63) is 0 Å². The SMILES string of the molecule is CC(C)[C@H](NC(=O)CCCCCCNO)C(=O)N[C@H](C=O)CCCCC(N)=O. The number of primary amides is 1. The molecule has 0 aliphatic heterocycles. The van der Waals surface area contributed by atoms with E-state index in [1.807, 2.05) is 13.8 Å². The number of carbonyl (C=O) groups is 4. The minimum absolute atomic E-state index is 0.123. The predicted octanol–water partition coefficient (Wildman–Crippen LogP) is 0.786. The average molecular weight is 401 g/mol. The van der Waals surface area contributed by atoms with Crippen molar-refractivity contribution in [2.45, 2.75) is 83.7 Å². The Labute approximate surface area is 167 Å². The van der Waals surface area contributed by atoms with E-state index in [-0.39, 0.29) is 30.1 Å². The Morgan fingerprint density at radius 3 is 2.18 bits per heavy atom. The number of nitrogens with one attached hydrogen (secondary N) is 3. The summed E-state index contributed by atoms with van der Waals surface area (Å²) in [5.41, 5.74) is 7.17. The van der Waals surface area contributed by atoms with Gasteiger partial charge in [0.25, 0.3) is 0 Å². The number of nitrogens with two attached hydrogens (primary N) is 1. The number of unbranched alkanes of at least 4 members (excludes halogenated alkanes) is 4. The van der Waals surface area contributed by atoms with Gasteiger partial charge in [0.05, 0.1) is 6.04 Å². The van der Waals surface area contributed by atoms with Crippen LogP contribution >= 0.6 is 0 Å². The summed E-state index contributed by atoms with van der Waals surface area (Å²) in [7, 11) is 0. The topological polar surface area (TPSA) is 151 Å². The van der Waals surface area contributed by atoms with Gasteiger partial charge in [-0.15, -0.1) is 0 Å². The second-order valence-corrected chi connectivity index (χ2v) is 7.32. The molecule has 0 heterocycles. The Hall–Kier alpha value is -2.00. The highest BCUT2D eigenvalue weighted by Crippen LogP contribution is 2.08. The fourth-order valence-corrected chi connectivity index (χ4v) is 2.73. The molecule has 0 rings (SSSR count). The Kier molecular flexibility index (Phi) is 14.9. The quantitative estimate of drug-likeness (QED) is 0.138. The summed E-state index contributed by atoms with van der Waals surface area (Å²) in [6.07, 6.45) is 6.14. The first-order chi connectivity index (χ1) is 13.3. The molecule has 0 spiro atoms. The van der Waals surface area contributed by atoms with E-state index in [1.54, 1.807) is 0 Å². The van der Waals surface area contributed by atoms with Crippen molar-refractivity contribution in [1.82, 2.24) is 16.1 Å². The van der Waals surface area contributed by atoms with E-state index in [0.717, 1.165) is 19.3 Å². The molecule has 0 aromatic rings. The monoisotopic (exact) mass is 400 g/mol. The third kappa shape index (κ3) is 13.2. The molecule has 2 atom stereocenters. The van der Waals surface area contributed by atoms with Gasteiger partial charge >= 0.3 is 0 Å². The fourth-order valence-electron chi connectivity index (χ4n) is 2.73. The van der Waals surface area contributed by atoms with Crippen molar-refractivity contribution in [2.75, 3.05) is 6.54 Å². The Bertz CT molecular complexity index is 485. The lowest BCUT2D eigenvalue weighted by Gasteiger charge is -2.23. The zero-order valence-corrected chi connectivity index (χ0v) is 17.0. The number of aldehydes is 1. The number of amides is 3. The summed E-state index contributed by atoms with van der Waals surface area (Å²) in [6, 6.07) is -1.36. The number of carbonyl (C=O) groups excluding carboxylic acids is 4. The van der Waals surface area contributed by atoms with Crippen LogP contribution in [0.5, 0.6) is 0 Å². The van der Waals surface area contributed by atoms with Crippen molar-refractivity contribution >= 4 is 24.0 Å². The van der Waals surface area contributed by atoms with Crippen molar-refractivity contribution < 1.29 is 24.4 Å². The summed E-state index contributed by atoms with van der Waals surface area (Å²) in [5.74, 6) is -1.09. The zero-order chi connectivity index (χ0) is 21.4. The van der Waals surface area contributed by atoms with Gasteiger partial charge in [-0.05, 0) is 31.6 Å². The van der Waals surface area contributed by atoms with E-state index in [0.29, 0.717) is 44.9 Å². The second-order valence-electron chi connectivity index (χ2n) is 7.32. The van der Waals surface area contributed by atoms with Crippen molar-refractivity contribution in [1.29, 1.82) is 0 Å². The van der Waals surface area contributed by atoms with Crippen molar-refractivity contribution in [3.63, 3.8) is 0 Å². The zero-order valence-electron chi connectivity index (χ0n) is 17.0. The minimum atomic E-state index is -0.709. The number of hydrogen-bond acceptors (Lipinski definition) is 6. The molecule has 6 N–H and O–H groups in total. The van der Waals surface area contributed by atoms with Crippen LogP contribution in [0.4, 0.5) is 0 Å². The van der Waals surface area contributed by atoms with Gasteiger partial charge in [-0.1, -0.05) is 33.1 Å². The summed E-state index contributed by atoms with van der Waals surface area (Å²) >= 11 is 0. The van der Waals surface area contributed by atoms with Gasteiger partial charge in [0.1, 0.15) is 12.3 Å². The maximum Gasteiger partial charge on any atom is 0.243 e. The fraction of sp³-hybridized carbons (Fsp3) is 0.789. The van der Waals surface area contributed by atoms with Gasteiger partial charge in [-0.3, -0.25) is 14.4 Å². The number of hydrogen-bond donors (Lipinski definition) is 5. The van der Waals surface area contributed by atoms with Crippen molar-refractivity contribution in [2.24, 2.45) is 11.7 Å². The first kappa shape index (κ1) is 26.0. The first-order valence-corrected chi connectivity index (χ1v) is 10.0. The molecule has 3 amide bonds. The molecule has 0 saturated carbocycles. The van der Waals surface area contributed by atoms with Crippen LogP contribution in [0.2, 0.25) is 0 Å². The molecular formula is C19H36N4O5. The lowest BCUT2D eigenvalue weighted by atomic mass is 10.0. The maximum absolute atomic E-state index is 12.5. The van der Waals surface area contributed by atoms with Crippen LogP contribution in [0, 0.1) is 5.92 Å². The second kappa shape index (κ2) is 16.0. The van der Waals surface area contributed by atoms with Gasteiger partial charge in [-0.25, -0.2) is 5.48 Å². The third-order valence-corrected chi connectivity index (χ3v) is 4.39. The van der Waals surface area contributed by atoms with Gasteiger partial charge in [0, 0.05) is 19.4 Å². The van der Waals surface area contributed by atoms with Crippen LogP contribution < -0.4 is 21.8 Å². The predicted molar refractivity (Wildman–Crippen MR) is 105 cm³/mol. The Morgan fingerprint density at radius 1 is 0.964 bits per heavy atom. The van der Waals surface area contributed by atoms with Crippen LogP contribution in [-0.4, -0.2) is 47.8 Å². The molecule has 9 nitrogen and oxygen atoms in total. The van der Waals surface area contributed by atoms with Crippen LogP contribution in [0.25, 0.3) is 0 Å². The average Bonchev–Trinajstić information content (AvgIpc) is 2.64. The largest absolute Gasteiger partial charge is 0.370 e. The van der Waals surface area contributed by atoms with Gasteiger partial charge < -0.3 is 26.4 Å². The van der Waals surface area contributed by atoms with Gasteiger partial charge in [0.2, 0.25) is 17.7 Å². The molecule has 0 aromatic heterocycles. The highest BCUT2D eigenvalue weighted by atomic mass is 16.5. The van der Waals surface area contributed by atoms with E-state index in [1.165, 1.54) is 0 Å². The Balaban J connectivity index is 4.35. The molecule has 9 heteroatoms. The Morgan fingerprint density at radius 2 is 1.61 bits per heavy atom. The molecule has 0 saturated heterocycles. The molecule has 0 radical (unpaired) electrons. The highest BCUT2D eigenvalue weighted by Gasteiger charge is 2.25. The number of rotatable bonds is 17. The van der Waals surface area contributed by atoms with E-state index >= 15 is 0 Å². The molecule has 0 bridgehead atoms. The first-order valence-electron chi connectivity index (χ1n) is 10.0. The lowest BCUT2D eigenvalue weighted by Crippen LogP contribution is -2.52. The summed E-state index contributed by atoms with van der Waals surface area (Å²) < 4.78 is 0. The highest BCUT2D eigenvalue weighted by molar-refractivity contribution is 5.89. The molecule has 0 fully saturated rings. The van der Waals surface area contributed by atoms with Crippen LogP contribution in [0.3, 0.4) is 0 Å². The van der Waals surface area contributed by atoms with E-state index in [4.69, 9.17) is 10.9 Å². The molecule has 28 heavy (non-hydrogen) atoms. The number of hydroxylamine groups is 1. The van der Waals surface area contributed by atoms with E-state index < -0.39 is 12.1 Å². The van der Waals surface area contributed by atoms with Crippen LogP contribution in [0.1, 0.15) is 71.6 Å². The standard InChI is InChI=1S/C19H36N4O5/c1-14(2)18(23-17(26)11-5-3-4-8-12-21-28)19(27)22-15(13-24)9-6-7-10-16(20)25/h13-15,18,21,28H,3-12H2,1-2H3,(H2,20,25)(H,22,27)(H,23,26)/t15-,18-/m0/s1. The van der Waals surface area contributed by atoms with Gasteiger partial charge in [-0.2, -0.15) is 0 Å². The molecule has 0 aliphatic rings. The van der Waals surface area contributed by atoms with Crippen LogP contribution in [0.15, 0.2) is 0 Å². The maximum atomic E-state index is 12.5. The van der Waals surface area contributed by atoms with Crippen molar-refractivity contribution in [3.8, 4) is 0 Å².